The molecule has 8 atom stereocenters. The highest BCUT2D eigenvalue weighted by Gasteiger charge is 2.79. The number of carbonyl (C=O) groups excluding carboxylic acids is 2. The van der Waals surface area contributed by atoms with Gasteiger partial charge in [0.25, 0.3) is 0 Å². The molecule has 0 unspecified atom stereocenters. The monoisotopic (exact) mass is 352 g/mol. The molecule has 26 heavy (non-hydrogen) atoms. The normalized spacial score (nSPS) is 53.5. The maximum absolute atomic E-state index is 12.1. The third-order valence-corrected chi connectivity index (χ3v) is 9.33. The molecule has 3 nitrogen and oxygen atoms in total. The highest BCUT2D eigenvalue weighted by Crippen LogP contribution is 2.79. The molecule has 3 heteroatoms. The Hall–Kier alpha value is -1.38. The molecule has 0 bridgehead atoms. The Morgan fingerprint density at radius 2 is 2.04 bits per heavy atom. The van der Waals surface area contributed by atoms with Gasteiger partial charge in [0, 0.05) is 24.2 Å². The van der Waals surface area contributed by atoms with Crippen molar-refractivity contribution in [1.82, 2.24) is 0 Å². The summed E-state index contributed by atoms with van der Waals surface area (Å²) < 4.78 is 6.21. The molecule has 0 aromatic rings. The summed E-state index contributed by atoms with van der Waals surface area (Å²) in [6.07, 6.45) is 14.8. The number of hydrogen-bond donors (Lipinski definition) is 0. The Kier molecular flexibility index (Phi) is 2.96. The van der Waals surface area contributed by atoms with Gasteiger partial charge >= 0.3 is 5.97 Å². The minimum absolute atomic E-state index is 0.0430. The summed E-state index contributed by atoms with van der Waals surface area (Å²) in [5.41, 5.74) is 1.34. The van der Waals surface area contributed by atoms with Gasteiger partial charge in [0.1, 0.15) is 5.60 Å². The number of esters is 1. The fourth-order valence-corrected chi connectivity index (χ4v) is 8.46. The standard InChI is InChI=1S/C23H28O3/c1-2-22-9-7-16-15-6-4-14(24)11-13(15)3-5-17(16)21(22)18-12-19(18)23(22)10-8-20(25)26-23/h3,5,11,15-19,21H,2,4,6-10,12H2,1H3/t15-,16+,17+,18+,19-,21+,22-,23-/m0/s1. The van der Waals surface area contributed by atoms with Crippen LogP contribution in [0.5, 0.6) is 0 Å². The number of fused-ring (bicyclic) bond motifs is 9. The number of carbonyl (C=O) groups is 2. The first kappa shape index (κ1) is 15.7. The van der Waals surface area contributed by atoms with E-state index in [1.807, 2.05) is 6.08 Å². The van der Waals surface area contributed by atoms with Crippen LogP contribution in [0.3, 0.4) is 0 Å². The minimum Gasteiger partial charge on any atom is -0.458 e. The van der Waals surface area contributed by atoms with E-state index >= 15 is 0 Å². The first-order chi connectivity index (χ1) is 12.6. The molecule has 0 aromatic heterocycles. The molecule has 1 heterocycles. The van der Waals surface area contributed by atoms with Crippen molar-refractivity contribution >= 4 is 11.8 Å². The van der Waals surface area contributed by atoms with E-state index in [-0.39, 0.29) is 17.0 Å². The van der Waals surface area contributed by atoms with Crippen molar-refractivity contribution in [3.05, 3.63) is 23.8 Å². The van der Waals surface area contributed by atoms with Crippen LogP contribution >= 0.6 is 0 Å². The lowest BCUT2D eigenvalue weighted by Crippen LogP contribution is -2.55. The van der Waals surface area contributed by atoms with E-state index in [0.717, 1.165) is 31.6 Å². The number of rotatable bonds is 1. The maximum Gasteiger partial charge on any atom is 0.306 e. The molecule has 1 spiro atoms. The second-order valence-electron chi connectivity index (χ2n) is 9.80. The number of ether oxygens (including phenoxy) is 1. The first-order valence-corrected chi connectivity index (χ1v) is 10.7. The fraction of sp³-hybridized carbons (Fsp3) is 0.739. The second-order valence-corrected chi connectivity index (χ2v) is 9.80. The van der Waals surface area contributed by atoms with Crippen molar-refractivity contribution in [3.8, 4) is 0 Å². The van der Waals surface area contributed by atoms with Crippen LogP contribution in [0.4, 0.5) is 0 Å². The van der Waals surface area contributed by atoms with E-state index in [0.29, 0.717) is 41.8 Å². The van der Waals surface area contributed by atoms with Gasteiger partial charge in [-0.3, -0.25) is 9.59 Å². The summed E-state index contributed by atoms with van der Waals surface area (Å²) in [5.74, 6) is 4.30. The third-order valence-electron chi connectivity index (χ3n) is 9.33. The molecule has 0 amide bonds. The average molecular weight is 352 g/mol. The van der Waals surface area contributed by atoms with Crippen LogP contribution in [0.25, 0.3) is 0 Å². The molecular weight excluding hydrogens is 324 g/mol. The van der Waals surface area contributed by atoms with Crippen molar-refractivity contribution < 1.29 is 14.3 Å². The molecule has 5 aliphatic carbocycles. The van der Waals surface area contributed by atoms with Crippen molar-refractivity contribution in [3.63, 3.8) is 0 Å². The summed E-state index contributed by atoms with van der Waals surface area (Å²) >= 11 is 0. The Morgan fingerprint density at radius 3 is 2.81 bits per heavy atom. The van der Waals surface area contributed by atoms with Crippen LogP contribution < -0.4 is 0 Å². The minimum atomic E-state index is -0.147. The van der Waals surface area contributed by atoms with E-state index in [4.69, 9.17) is 4.74 Å². The highest BCUT2D eigenvalue weighted by molar-refractivity contribution is 5.92. The molecule has 1 aliphatic heterocycles. The van der Waals surface area contributed by atoms with E-state index in [9.17, 15) is 9.59 Å². The molecule has 1 saturated heterocycles. The maximum atomic E-state index is 12.1. The van der Waals surface area contributed by atoms with E-state index in [2.05, 4.69) is 19.1 Å². The van der Waals surface area contributed by atoms with E-state index < -0.39 is 0 Å². The van der Waals surface area contributed by atoms with Gasteiger partial charge in [-0.1, -0.05) is 19.1 Å². The zero-order valence-electron chi connectivity index (χ0n) is 15.6. The highest BCUT2D eigenvalue weighted by atomic mass is 16.6. The Morgan fingerprint density at radius 1 is 1.15 bits per heavy atom. The first-order valence-electron chi connectivity index (χ1n) is 10.7. The van der Waals surface area contributed by atoms with Crippen molar-refractivity contribution in [2.24, 2.45) is 40.9 Å². The molecule has 0 radical (unpaired) electrons. The summed E-state index contributed by atoms with van der Waals surface area (Å²) in [7, 11) is 0. The van der Waals surface area contributed by atoms with Gasteiger partial charge in [-0.2, -0.15) is 0 Å². The third kappa shape index (κ3) is 1.67. The van der Waals surface area contributed by atoms with E-state index in [1.165, 1.54) is 24.8 Å². The summed E-state index contributed by atoms with van der Waals surface area (Å²) in [6, 6.07) is 0. The number of hydrogen-bond acceptors (Lipinski definition) is 3. The largest absolute Gasteiger partial charge is 0.458 e. The Balaban J connectivity index is 1.43. The van der Waals surface area contributed by atoms with Crippen LogP contribution in [0.2, 0.25) is 0 Å². The lowest BCUT2D eigenvalue weighted by molar-refractivity contribution is -0.175. The van der Waals surface area contributed by atoms with Crippen LogP contribution in [0.1, 0.15) is 58.3 Å². The molecule has 4 fully saturated rings. The van der Waals surface area contributed by atoms with E-state index in [1.54, 1.807) is 0 Å². The zero-order chi connectivity index (χ0) is 17.7. The van der Waals surface area contributed by atoms with Crippen molar-refractivity contribution in [2.75, 3.05) is 0 Å². The predicted octanol–water partition coefficient (Wildman–Crippen LogP) is 4.23. The second kappa shape index (κ2) is 4.91. The van der Waals surface area contributed by atoms with Gasteiger partial charge < -0.3 is 4.74 Å². The van der Waals surface area contributed by atoms with Crippen LogP contribution in [-0.4, -0.2) is 17.4 Å². The number of ketones is 1. The average Bonchev–Trinajstić information content (AvgIpc) is 3.29. The molecular formula is C23H28O3. The molecule has 6 rings (SSSR count). The van der Waals surface area contributed by atoms with Crippen molar-refractivity contribution in [1.29, 1.82) is 0 Å². The molecule has 0 N–H and O–H groups in total. The molecule has 138 valence electrons. The van der Waals surface area contributed by atoms with Gasteiger partial charge in [-0.05, 0) is 79.8 Å². The van der Waals surface area contributed by atoms with Crippen molar-refractivity contribution in [2.45, 2.75) is 63.9 Å². The predicted molar refractivity (Wildman–Crippen MR) is 97.0 cm³/mol. The smallest absolute Gasteiger partial charge is 0.306 e. The topological polar surface area (TPSA) is 43.4 Å². The summed E-state index contributed by atoms with van der Waals surface area (Å²) in [6.45, 7) is 2.34. The SMILES string of the molecule is CC[C@]12CC[C@H]3[C@@H](C=CC4=CC(=O)CC[C@@H]43)[C@@H]1[C@@H]1C[C@@H]1[C@@]21CCC(=O)O1. The van der Waals surface area contributed by atoms with Gasteiger partial charge in [-0.25, -0.2) is 0 Å². The molecule has 3 saturated carbocycles. The van der Waals surface area contributed by atoms with Gasteiger partial charge in [-0.15, -0.1) is 0 Å². The Bertz CT molecular complexity index is 763. The fourth-order valence-electron chi connectivity index (χ4n) is 8.46. The lowest BCUT2D eigenvalue weighted by Gasteiger charge is -2.57. The Labute approximate surface area is 155 Å². The van der Waals surface area contributed by atoms with Crippen LogP contribution in [0, 0.1) is 40.9 Å². The molecule has 6 aliphatic rings. The molecule has 0 aromatic carbocycles. The van der Waals surface area contributed by atoms with Gasteiger partial charge in [0.2, 0.25) is 0 Å². The number of allylic oxidation sites excluding steroid dienone is 4. The summed E-state index contributed by atoms with van der Waals surface area (Å²) in [5, 5.41) is 0. The van der Waals surface area contributed by atoms with Gasteiger partial charge in [0.05, 0.1) is 0 Å². The van der Waals surface area contributed by atoms with Crippen LogP contribution in [-0.2, 0) is 14.3 Å². The summed E-state index contributed by atoms with van der Waals surface area (Å²) in [4.78, 5) is 24.0. The quantitative estimate of drug-likeness (QED) is 0.664. The van der Waals surface area contributed by atoms with Gasteiger partial charge in [0.15, 0.2) is 5.78 Å². The lowest BCUT2D eigenvalue weighted by atomic mass is 9.49. The zero-order valence-corrected chi connectivity index (χ0v) is 15.6. The van der Waals surface area contributed by atoms with Crippen LogP contribution in [0.15, 0.2) is 23.8 Å².